The maximum absolute atomic E-state index is 11.2. The lowest BCUT2D eigenvalue weighted by Gasteiger charge is -2.39. The normalized spacial score (nSPS) is 30.9. The molecule has 4 nitrogen and oxygen atoms in total. The van der Waals surface area contributed by atoms with E-state index in [0.29, 0.717) is 26.1 Å². The molecule has 2 heterocycles. The Hall–Kier alpha value is -0.130. The summed E-state index contributed by atoms with van der Waals surface area (Å²) in [5.41, 5.74) is -0.250. The van der Waals surface area contributed by atoms with Gasteiger partial charge in [-0.3, -0.25) is 0 Å². The van der Waals surface area contributed by atoms with E-state index in [1.54, 1.807) is 0 Å². The Bertz CT molecular complexity index is 291. The van der Waals surface area contributed by atoms with Crippen molar-refractivity contribution in [2.24, 2.45) is 0 Å². The minimum absolute atomic E-state index is 0.181. The summed E-state index contributed by atoms with van der Waals surface area (Å²) in [5.74, 6) is 0.522. The highest BCUT2D eigenvalue weighted by molar-refractivity contribution is 7.91. The van der Waals surface area contributed by atoms with E-state index in [2.05, 4.69) is 0 Å². The Morgan fingerprint density at radius 1 is 1.29 bits per heavy atom. The third kappa shape index (κ3) is 2.27. The summed E-state index contributed by atoms with van der Waals surface area (Å²) >= 11 is 0. The van der Waals surface area contributed by atoms with Gasteiger partial charge < -0.3 is 9.47 Å². The molecule has 0 aliphatic carbocycles. The fourth-order valence-corrected chi connectivity index (χ4v) is 3.46. The molecule has 0 atom stereocenters. The van der Waals surface area contributed by atoms with E-state index in [4.69, 9.17) is 9.47 Å². The van der Waals surface area contributed by atoms with Crippen LogP contribution in [-0.2, 0) is 19.3 Å². The number of ether oxygens (including phenoxy) is 2. The molecular weight excluding hydrogens is 204 g/mol. The predicted molar refractivity (Wildman–Crippen MR) is 52.0 cm³/mol. The molecule has 0 bridgehead atoms. The summed E-state index contributed by atoms with van der Waals surface area (Å²) in [6, 6.07) is 0. The third-order valence-electron chi connectivity index (χ3n) is 2.94. The van der Waals surface area contributed by atoms with Crippen LogP contribution in [0.3, 0.4) is 0 Å². The fourth-order valence-electron chi connectivity index (χ4n) is 1.77. The van der Waals surface area contributed by atoms with Gasteiger partial charge in [-0.15, -0.1) is 0 Å². The maximum Gasteiger partial charge on any atom is 0.150 e. The smallest absolute Gasteiger partial charge is 0.150 e. The molecule has 2 rings (SSSR count). The van der Waals surface area contributed by atoms with Gasteiger partial charge in [-0.25, -0.2) is 8.42 Å². The quantitative estimate of drug-likeness (QED) is 0.674. The Kier molecular flexibility index (Phi) is 2.57. The van der Waals surface area contributed by atoms with Crippen LogP contribution >= 0.6 is 0 Å². The zero-order valence-corrected chi connectivity index (χ0v) is 9.18. The molecule has 0 amide bonds. The number of rotatable bonds is 2. The molecule has 0 saturated carbocycles. The van der Waals surface area contributed by atoms with Crippen LogP contribution in [0.4, 0.5) is 0 Å². The average molecular weight is 220 g/mol. The summed E-state index contributed by atoms with van der Waals surface area (Å²) in [6.45, 7) is 3.31. The lowest BCUT2D eigenvalue weighted by Crippen LogP contribution is -2.47. The molecule has 0 spiro atoms. The third-order valence-corrected chi connectivity index (χ3v) is 4.59. The number of hydrogen-bond acceptors (Lipinski definition) is 4. The van der Waals surface area contributed by atoms with Crippen LogP contribution in [0.15, 0.2) is 0 Å². The SMILES string of the molecule is CC1(OC2COC2)CCS(=O)(=O)CC1. The van der Waals surface area contributed by atoms with Gasteiger partial charge in [0.2, 0.25) is 0 Å². The first-order valence-electron chi connectivity index (χ1n) is 4.95. The lowest BCUT2D eigenvalue weighted by atomic mass is 9.99. The van der Waals surface area contributed by atoms with Crippen LogP contribution in [0.25, 0.3) is 0 Å². The van der Waals surface area contributed by atoms with Crippen molar-refractivity contribution in [3.8, 4) is 0 Å². The molecule has 0 aromatic heterocycles. The Morgan fingerprint density at radius 3 is 2.29 bits per heavy atom. The average Bonchev–Trinajstić information content (AvgIpc) is 2.05. The first-order chi connectivity index (χ1) is 6.49. The molecule has 0 aromatic carbocycles. The molecule has 82 valence electrons. The highest BCUT2D eigenvalue weighted by Crippen LogP contribution is 2.29. The summed E-state index contributed by atoms with van der Waals surface area (Å²) in [5, 5.41) is 0. The van der Waals surface area contributed by atoms with Gasteiger partial charge in [0.1, 0.15) is 6.10 Å². The second-order valence-electron chi connectivity index (χ2n) is 4.38. The van der Waals surface area contributed by atoms with E-state index in [9.17, 15) is 8.42 Å². The van der Waals surface area contributed by atoms with Gasteiger partial charge in [-0.1, -0.05) is 0 Å². The number of sulfone groups is 1. The predicted octanol–water partition coefficient (Wildman–Crippen LogP) is 0.369. The largest absolute Gasteiger partial charge is 0.376 e. The summed E-state index contributed by atoms with van der Waals surface area (Å²) < 4.78 is 33.3. The van der Waals surface area contributed by atoms with E-state index in [1.807, 2.05) is 6.92 Å². The van der Waals surface area contributed by atoms with Crippen LogP contribution in [0, 0.1) is 0 Å². The molecule has 0 aromatic rings. The molecule has 2 aliphatic rings. The summed E-state index contributed by atoms with van der Waals surface area (Å²) in [7, 11) is -2.79. The van der Waals surface area contributed by atoms with E-state index in [1.165, 1.54) is 0 Å². The molecule has 2 saturated heterocycles. The Balaban J connectivity index is 1.90. The van der Waals surface area contributed by atoms with E-state index >= 15 is 0 Å². The van der Waals surface area contributed by atoms with E-state index in [0.717, 1.165) is 0 Å². The minimum Gasteiger partial charge on any atom is -0.376 e. The molecule has 0 radical (unpaired) electrons. The highest BCUT2D eigenvalue weighted by Gasteiger charge is 2.37. The Labute approximate surface area is 84.5 Å². The van der Waals surface area contributed by atoms with Crippen molar-refractivity contribution < 1.29 is 17.9 Å². The van der Waals surface area contributed by atoms with Gasteiger partial charge in [0.05, 0.1) is 30.3 Å². The molecule has 2 fully saturated rings. The Morgan fingerprint density at radius 2 is 1.86 bits per heavy atom. The first kappa shape index (κ1) is 10.4. The monoisotopic (exact) mass is 220 g/mol. The maximum atomic E-state index is 11.2. The van der Waals surface area contributed by atoms with Crippen molar-refractivity contribution in [3.63, 3.8) is 0 Å². The summed E-state index contributed by atoms with van der Waals surface area (Å²) in [4.78, 5) is 0. The van der Waals surface area contributed by atoms with Gasteiger partial charge >= 0.3 is 0 Å². The van der Waals surface area contributed by atoms with Crippen LogP contribution < -0.4 is 0 Å². The lowest BCUT2D eigenvalue weighted by molar-refractivity contribution is -0.189. The molecule has 0 unspecified atom stereocenters. The molecule has 5 heteroatoms. The van der Waals surface area contributed by atoms with Crippen LogP contribution in [-0.4, -0.2) is 44.8 Å². The van der Waals surface area contributed by atoms with Crippen LogP contribution in [0.1, 0.15) is 19.8 Å². The fraction of sp³-hybridized carbons (Fsp3) is 1.00. The van der Waals surface area contributed by atoms with Gasteiger partial charge in [-0.2, -0.15) is 0 Å². The molecule has 0 N–H and O–H groups in total. The van der Waals surface area contributed by atoms with Gasteiger partial charge in [0.25, 0.3) is 0 Å². The second kappa shape index (κ2) is 3.47. The number of hydrogen-bond donors (Lipinski definition) is 0. The van der Waals surface area contributed by atoms with Crippen LogP contribution in [0.2, 0.25) is 0 Å². The highest BCUT2D eigenvalue weighted by atomic mass is 32.2. The zero-order valence-electron chi connectivity index (χ0n) is 8.36. The van der Waals surface area contributed by atoms with Crippen molar-refractivity contribution in [2.75, 3.05) is 24.7 Å². The summed E-state index contributed by atoms with van der Waals surface area (Å²) in [6.07, 6.45) is 1.42. The van der Waals surface area contributed by atoms with Gasteiger partial charge in [-0.05, 0) is 19.8 Å². The topological polar surface area (TPSA) is 52.6 Å². The standard InChI is InChI=1S/C9H16O4S/c1-9(13-8-6-12-7-8)2-4-14(10,11)5-3-9/h8H,2-7H2,1H3. The zero-order chi connectivity index (χ0) is 10.2. The van der Waals surface area contributed by atoms with Gasteiger partial charge in [0.15, 0.2) is 9.84 Å². The van der Waals surface area contributed by atoms with E-state index in [-0.39, 0.29) is 23.2 Å². The van der Waals surface area contributed by atoms with Gasteiger partial charge in [0, 0.05) is 0 Å². The second-order valence-corrected chi connectivity index (χ2v) is 6.68. The van der Waals surface area contributed by atoms with Crippen molar-refractivity contribution in [3.05, 3.63) is 0 Å². The molecule has 14 heavy (non-hydrogen) atoms. The molecule has 2 aliphatic heterocycles. The van der Waals surface area contributed by atoms with Crippen molar-refractivity contribution in [2.45, 2.75) is 31.5 Å². The minimum atomic E-state index is -2.79. The van der Waals surface area contributed by atoms with Crippen molar-refractivity contribution in [1.29, 1.82) is 0 Å². The van der Waals surface area contributed by atoms with Crippen molar-refractivity contribution >= 4 is 9.84 Å². The van der Waals surface area contributed by atoms with Crippen LogP contribution in [0.5, 0.6) is 0 Å². The van der Waals surface area contributed by atoms with E-state index < -0.39 is 9.84 Å². The van der Waals surface area contributed by atoms with Crippen molar-refractivity contribution in [1.82, 2.24) is 0 Å². The molecular formula is C9H16O4S. The first-order valence-corrected chi connectivity index (χ1v) is 6.77.